The summed E-state index contributed by atoms with van der Waals surface area (Å²) in [7, 11) is 0. The number of thiophene rings is 1. The van der Waals surface area contributed by atoms with Gasteiger partial charge in [0.15, 0.2) is 0 Å². The molecule has 0 bridgehead atoms. The Morgan fingerprint density at radius 2 is 1.94 bits per heavy atom. The molecule has 0 fully saturated rings. The second kappa shape index (κ2) is 5.84. The highest BCUT2D eigenvalue weighted by molar-refractivity contribution is 7.09. The van der Waals surface area contributed by atoms with Crippen LogP contribution in [0.4, 0.5) is 5.69 Å². The van der Waals surface area contributed by atoms with Crippen LogP contribution in [0.3, 0.4) is 0 Å². The Morgan fingerprint density at radius 3 is 2.53 bits per heavy atom. The van der Waals surface area contributed by atoms with Crippen LogP contribution >= 0.6 is 11.3 Å². The molecule has 0 amide bonds. The van der Waals surface area contributed by atoms with E-state index < -0.39 is 0 Å². The Kier molecular flexibility index (Phi) is 4.18. The van der Waals surface area contributed by atoms with Crippen molar-refractivity contribution in [1.82, 2.24) is 0 Å². The van der Waals surface area contributed by atoms with Gasteiger partial charge >= 0.3 is 0 Å². The van der Waals surface area contributed by atoms with E-state index in [4.69, 9.17) is 5.73 Å². The zero-order valence-electron chi connectivity index (χ0n) is 10.1. The van der Waals surface area contributed by atoms with Gasteiger partial charge < -0.3 is 10.6 Å². The highest BCUT2D eigenvalue weighted by Crippen LogP contribution is 2.19. The van der Waals surface area contributed by atoms with Gasteiger partial charge in [0, 0.05) is 23.7 Å². The standard InChI is InChI=1S/C14H18N2S/c1-12-4-6-13(7-5-12)16(9-8-15)11-14-3-2-10-17-14/h2-7,10H,8-9,11,15H2,1H3. The lowest BCUT2D eigenvalue weighted by atomic mass is 10.2. The lowest BCUT2D eigenvalue weighted by Gasteiger charge is -2.23. The molecule has 0 unspecified atom stereocenters. The van der Waals surface area contributed by atoms with E-state index in [-0.39, 0.29) is 0 Å². The average molecular weight is 246 g/mol. The van der Waals surface area contributed by atoms with E-state index >= 15 is 0 Å². The van der Waals surface area contributed by atoms with Crippen LogP contribution in [0.2, 0.25) is 0 Å². The molecule has 0 aliphatic rings. The summed E-state index contributed by atoms with van der Waals surface area (Å²) in [5.41, 5.74) is 8.22. The summed E-state index contributed by atoms with van der Waals surface area (Å²) >= 11 is 1.79. The number of nitrogens with two attached hydrogens (primary N) is 1. The average Bonchev–Trinajstić information content (AvgIpc) is 2.82. The largest absolute Gasteiger partial charge is 0.365 e. The van der Waals surface area contributed by atoms with Crippen LogP contribution in [0, 0.1) is 6.92 Å². The maximum absolute atomic E-state index is 5.69. The van der Waals surface area contributed by atoms with Crippen molar-refractivity contribution in [2.75, 3.05) is 18.0 Å². The number of hydrogen-bond acceptors (Lipinski definition) is 3. The number of benzene rings is 1. The third-order valence-electron chi connectivity index (χ3n) is 2.72. The number of hydrogen-bond donors (Lipinski definition) is 1. The number of nitrogens with zero attached hydrogens (tertiary/aromatic N) is 1. The summed E-state index contributed by atoms with van der Waals surface area (Å²) < 4.78 is 0. The van der Waals surface area contributed by atoms with Crippen molar-refractivity contribution in [3.05, 3.63) is 52.2 Å². The minimum atomic E-state index is 0.680. The smallest absolute Gasteiger partial charge is 0.0523 e. The second-order valence-corrected chi connectivity index (χ2v) is 5.16. The zero-order chi connectivity index (χ0) is 12.1. The van der Waals surface area contributed by atoms with E-state index in [0.717, 1.165) is 13.1 Å². The van der Waals surface area contributed by atoms with E-state index in [1.807, 2.05) is 0 Å². The van der Waals surface area contributed by atoms with Gasteiger partial charge in [0.25, 0.3) is 0 Å². The van der Waals surface area contributed by atoms with Gasteiger partial charge in [-0.25, -0.2) is 0 Å². The molecule has 2 rings (SSSR count). The summed E-state index contributed by atoms with van der Waals surface area (Å²) in [4.78, 5) is 3.70. The first-order valence-electron chi connectivity index (χ1n) is 5.83. The normalized spacial score (nSPS) is 10.5. The third kappa shape index (κ3) is 3.32. The van der Waals surface area contributed by atoms with E-state index in [2.05, 4.69) is 53.6 Å². The van der Waals surface area contributed by atoms with Crippen molar-refractivity contribution in [2.24, 2.45) is 5.73 Å². The lowest BCUT2D eigenvalue weighted by Crippen LogP contribution is -2.28. The number of rotatable bonds is 5. The molecule has 2 aromatic rings. The summed E-state index contributed by atoms with van der Waals surface area (Å²) in [6.45, 7) is 4.62. The fraction of sp³-hybridized carbons (Fsp3) is 0.286. The molecule has 1 heterocycles. The van der Waals surface area contributed by atoms with Gasteiger partial charge in [-0.1, -0.05) is 23.8 Å². The molecular formula is C14H18N2S. The topological polar surface area (TPSA) is 29.3 Å². The van der Waals surface area contributed by atoms with Crippen molar-refractivity contribution in [3.8, 4) is 0 Å². The number of anilines is 1. The van der Waals surface area contributed by atoms with Crippen LogP contribution in [-0.4, -0.2) is 13.1 Å². The molecule has 0 saturated carbocycles. The molecule has 0 radical (unpaired) electrons. The molecule has 90 valence electrons. The number of aryl methyl sites for hydroxylation is 1. The predicted molar refractivity (Wildman–Crippen MR) is 75.6 cm³/mol. The molecule has 2 N–H and O–H groups in total. The molecule has 1 aromatic heterocycles. The summed E-state index contributed by atoms with van der Waals surface area (Å²) in [5.74, 6) is 0. The van der Waals surface area contributed by atoms with Gasteiger partial charge in [-0.15, -0.1) is 11.3 Å². The maximum atomic E-state index is 5.69. The first-order valence-corrected chi connectivity index (χ1v) is 6.71. The van der Waals surface area contributed by atoms with E-state index in [1.54, 1.807) is 11.3 Å². The van der Waals surface area contributed by atoms with Crippen LogP contribution in [0.15, 0.2) is 41.8 Å². The highest BCUT2D eigenvalue weighted by atomic mass is 32.1. The minimum Gasteiger partial charge on any atom is -0.365 e. The van der Waals surface area contributed by atoms with Crippen molar-refractivity contribution < 1.29 is 0 Å². The molecule has 0 atom stereocenters. The molecule has 1 aromatic carbocycles. The van der Waals surface area contributed by atoms with Gasteiger partial charge in [-0.3, -0.25) is 0 Å². The molecule has 0 spiro atoms. The molecular weight excluding hydrogens is 228 g/mol. The van der Waals surface area contributed by atoms with Crippen LogP contribution in [0.25, 0.3) is 0 Å². The third-order valence-corrected chi connectivity index (χ3v) is 3.59. The fourth-order valence-corrected chi connectivity index (χ4v) is 2.52. The Labute approximate surface area is 107 Å². The van der Waals surface area contributed by atoms with Crippen molar-refractivity contribution in [1.29, 1.82) is 0 Å². The lowest BCUT2D eigenvalue weighted by molar-refractivity contribution is 0.797. The van der Waals surface area contributed by atoms with E-state index in [1.165, 1.54) is 16.1 Å². The Balaban J connectivity index is 2.13. The van der Waals surface area contributed by atoms with Gasteiger partial charge in [0.05, 0.1) is 6.54 Å². The molecule has 0 aliphatic heterocycles. The van der Waals surface area contributed by atoms with E-state index in [0.29, 0.717) is 6.54 Å². The summed E-state index contributed by atoms with van der Waals surface area (Å²) in [5, 5.41) is 2.12. The summed E-state index contributed by atoms with van der Waals surface area (Å²) in [6, 6.07) is 12.9. The van der Waals surface area contributed by atoms with Crippen molar-refractivity contribution in [3.63, 3.8) is 0 Å². The minimum absolute atomic E-state index is 0.680. The Hall–Kier alpha value is -1.32. The van der Waals surface area contributed by atoms with Crippen LogP contribution in [0.1, 0.15) is 10.4 Å². The molecule has 2 nitrogen and oxygen atoms in total. The fourth-order valence-electron chi connectivity index (χ4n) is 1.80. The highest BCUT2D eigenvalue weighted by Gasteiger charge is 2.06. The molecule has 17 heavy (non-hydrogen) atoms. The van der Waals surface area contributed by atoms with Crippen LogP contribution in [0.5, 0.6) is 0 Å². The monoisotopic (exact) mass is 246 g/mol. The SMILES string of the molecule is Cc1ccc(N(CCN)Cc2cccs2)cc1. The van der Waals surface area contributed by atoms with Crippen molar-refractivity contribution in [2.45, 2.75) is 13.5 Å². The molecule has 3 heteroatoms. The maximum Gasteiger partial charge on any atom is 0.0523 e. The zero-order valence-corrected chi connectivity index (χ0v) is 10.9. The predicted octanol–water partition coefficient (Wildman–Crippen LogP) is 3.02. The van der Waals surface area contributed by atoms with Gasteiger partial charge in [0.1, 0.15) is 0 Å². The first-order chi connectivity index (χ1) is 8.29. The molecule has 0 aliphatic carbocycles. The Bertz CT molecular complexity index is 434. The van der Waals surface area contributed by atoms with Gasteiger partial charge in [-0.05, 0) is 30.5 Å². The van der Waals surface area contributed by atoms with Crippen molar-refractivity contribution >= 4 is 17.0 Å². The first kappa shape index (κ1) is 12.1. The van der Waals surface area contributed by atoms with Crippen LogP contribution < -0.4 is 10.6 Å². The van der Waals surface area contributed by atoms with Crippen LogP contribution in [-0.2, 0) is 6.54 Å². The summed E-state index contributed by atoms with van der Waals surface area (Å²) in [6.07, 6.45) is 0. The Morgan fingerprint density at radius 1 is 1.18 bits per heavy atom. The van der Waals surface area contributed by atoms with Gasteiger partial charge in [0.2, 0.25) is 0 Å². The van der Waals surface area contributed by atoms with Gasteiger partial charge in [-0.2, -0.15) is 0 Å². The quantitative estimate of drug-likeness (QED) is 0.878. The second-order valence-electron chi connectivity index (χ2n) is 4.13. The van der Waals surface area contributed by atoms with E-state index in [9.17, 15) is 0 Å². The molecule has 0 saturated heterocycles.